The summed E-state index contributed by atoms with van der Waals surface area (Å²) >= 11 is 6.21. The summed E-state index contributed by atoms with van der Waals surface area (Å²) in [7, 11) is 0. The standard InChI is InChI=1S/C17H21ClN2O/c1-11-5-6-15(13(7-11)17(2,3)4)21-16-14(18)8-12(9-19)10-20-16/h5-8,10H,9,19H2,1-4H3. The number of aryl methyl sites for hydroxylation is 1. The SMILES string of the molecule is Cc1ccc(Oc2ncc(CN)cc2Cl)c(C(C)(C)C)c1. The lowest BCUT2D eigenvalue weighted by molar-refractivity contribution is 0.439. The molecule has 3 nitrogen and oxygen atoms in total. The van der Waals surface area contributed by atoms with Gasteiger partial charge < -0.3 is 10.5 Å². The zero-order valence-electron chi connectivity index (χ0n) is 12.9. The maximum atomic E-state index is 6.21. The zero-order valence-corrected chi connectivity index (χ0v) is 13.7. The fraction of sp³-hybridized carbons (Fsp3) is 0.353. The van der Waals surface area contributed by atoms with Gasteiger partial charge in [-0.2, -0.15) is 0 Å². The number of nitrogens with zero attached hydrogens (tertiary/aromatic N) is 1. The Labute approximate surface area is 131 Å². The Morgan fingerprint density at radius 3 is 2.52 bits per heavy atom. The Kier molecular flexibility index (Phi) is 4.55. The van der Waals surface area contributed by atoms with Crippen LogP contribution in [-0.4, -0.2) is 4.98 Å². The second-order valence-electron chi connectivity index (χ2n) is 6.19. The highest BCUT2D eigenvalue weighted by atomic mass is 35.5. The molecule has 21 heavy (non-hydrogen) atoms. The molecule has 2 N–H and O–H groups in total. The van der Waals surface area contributed by atoms with Crippen LogP contribution in [0.4, 0.5) is 0 Å². The molecule has 2 rings (SSSR count). The molecule has 0 spiro atoms. The van der Waals surface area contributed by atoms with Gasteiger partial charge in [-0.25, -0.2) is 4.98 Å². The van der Waals surface area contributed by atoms with Crippen molar-refractivity contribution < 1.29 is 4.74 Å². The Morgan fingerprint density at radius 2 is 1.95 bits per heavy atom. The van der Waals surface area contributed by atoms with E-state index < -0.39 is 0 Å². The number of nitrogens with two attached hydrogens (primary N) is 1. The van der Waals surface area contributed by atoms with Gasteiger partial charge in [0, 0.05) is 18.3 Å². The molecule has 1 heterocycles. The van der Waals surface area contributed by atoms with Crippen LogP contribution in [0.5, 0.6) is 11.6 Å². The number of halogens is 1. The van der Waals surface area contributed by atoms with Crippen molar-refractivity contribution in [2.45, 2.75) is 39.7 Å². The van der Waals surface area contributed by atoms with Crippen LogP contribution in [0.15, 0.2) is 30.5 Å². The zero-order chi connectivity index (χ0) is 15.6. The van der Waals surface area contributed by atoms with Crippen LogP contribution in [0.25, 0.3) is 0 Å². The summed E-state index contributed by atoms with van der Waals surface area (Å²) in [6, 6.07) is 7.91. The van der Waals surface area contributed by atoms with E-state index in [9.17, 15) is 0 Å². The summed E-state index contributed by atoms with van der Waals surface area (Å²) < 4.78 is 5.94. The molecular formula is C17H21ClN2O. The topological polar surface area (TPSA) is 48.1 Å². The molecule has 0 saturated heterocycles. The van der Waals surface area contributed by atoms with Gasteiger partial charge in [-0.1, -0.05) is 50.1 Å². The molecule has 0 aliphatic rings. The number of benzene rings is 1. The molecular weight excluding hydrogens is 284 g/mol. The normalized spacial score (nSPS) is 11.5. The predicted molar refractivity (Wildman–Crippen MR) is 87.1 cm³/mol. The molecule has 0 saturated carbocycles. The number of ether oxygens (including phenoxy) is 1. The number of aromatic nitrogens is 1. The van der Waals surface area contributed by atoms with Gasteiger partial charge in [0.1, 0.15) is 10.8 Å². The van der Waals surface area contributed by atoms with E-state index in [1.807, 2.05) is 12.1 Å². The maximum absolute atomic E-state index is 6.21. The number of rotatable bonds is 3. The average Bonchev–Trinajstić information content (AvgIpc) is 2.41. The summed E-state index contributed by atoms with van der Waals surface area (Å²) in [5.41, 5.74) is 8.77. The monoisotopic (exact) mass is 304 g/mol. The molecule has 2 aromatic rings. The summed E-state index contributed by atoms with van der Waals surface area (Å²) in [4.78, 5) is 4.26. The molecule has 0 atom stereocenters. The molecule has 0 unspecified atom stereocenters. The quantitative estimate of drug-likeness (QED) is 0.902. The molecule has 0 bridgehead atoms. The Hall–Kier alpha value is -1.58. The summed E-state index contributed by atoms with van der Waals surface area (Å²) in [5.74, 6) is 1.19. The minimum atomic E-state index is -0.0228. The Balaban J connectivity index is 2.40. The highest BCUT2D eigenvalue weighted by molar-refractivity contribution is 6.31. The summed E-state index contributed by atoms with van der Waals surface area (Å²) in [6.07, 6.45) is 1.69. The van der Waals surface area contributed by atoms with Gasteiger partial charge >= 0.3 is 0 Å². The van der Waals surface area contributed by atoms with Crippen molar-refractivity contribution in [3.05, 3.63) is 52.2 Å². The molecule has 0 aliphatic carbocycles. The van der Waals surface area contributed by atoms with Crippen LogP contribution in [0, 0.1) is 6.92 Å². The van der Waals surface area contributed by atoms with Crippen molar-refractivity contribution >= 4 is 11.6 Å². The van der Waals surface area contributed by atoms with E-state index >= 15 is 0 Å². The lowest BCUT2D eigenvalue weighted by atomic mass is 9.85. The first-order chi connectivity index (χ1) is 9.81. The van der Waals surface area contributed by atoms with Crippen molar-refractivity contribution in [1.29, 1.82) is 0 Å². The van der Waals surface area contributed by atoms with Crippen LogP contribution in [0.2, 0.25) is 5.02 Å². The minimum Gasteiger partial charge on any atom is -0.437 e. The first-order valence-electron chi connectivity index (χ1n) is 6.94. The molecule has 4 heteroatoms. The lowest BCUT2D eigenvalue weighted by Gasteiger charge is -2.23. The highest BCUT2D eigenvalue weighted by Crippen LogP contribution is 2.36. The van der Waals surface area contributed by atoms with E-state index in [0.717, 1.165) is 16.9 Å². The molecule has 0 radical (unpaired) electrons. The van der Waals surface area contributed by atoms with E-state index in [2.05, 4.69) is 38.7 Å². The molecule has 1 aromatic heterocycles. The molecule has 1 aromatic carbocycles. The third-order valence-electron chi connectivity index (χ3n) is 3.25. The molecule has 0 amide bonds. The van der Waals surface area contributed by atoms with Gasteiger partial charge in [0.15, 0.2) is 0 Å². The Bertz CT molecular complexity index is 648. The van der Waals surface area contributed by atoms with Gasteiger partial charge in [0.25, 0.3) is 0 Å². The predicted octanol–water partition coefficient (Wildman–Crippen LogP) is 4.59. The average molecular weight is 305 g/mol. The molecule has 0 aliphatic heterocycles. The van der Waals surface area contributed by atoms with Crippen molar-refractivity contribution in [1.82, 2.24) is 4.98 Å². The third kappa shape index (κ3) is 3.74. The van der Waals surface area contributed by atoms with Crippen LogP contribution >= 0.6 is 11.6 Å². The number of hydrogen-bond acceptors (Lipinski definition) is 3. The summed E-state index contributed by atoms with van der Waals surface area (Å²) in [6.45, 7) is 8.94. The second kappa shape index (κ2) is 6.04. The molecule has 112 valence electrons. The van der Waals surface area contributed by atoms with Gasteiger partial charge in [0.2, 0.25) is 5.88 Å². The van der Waals surface area contributed by atoms with Crippen molar-refractivity contribution in [2.75, 3.05) is 0 Å². The van der Waals surface area contributed by atoms with E-state index in [4.69, 9.17) is 22.1 Å². The Morgan fingerprint density at radius 1 is 1.24 bits per heavy atom. The van der Waals surface area contributed by atoms with Gasteiger partial charge in [-0.3, -0.25) is 0 Å². The largest absolute Gasteiger partial charge is 0.437 e. The van der Waals surface area contributed by atoms with Crippen LogP contribution in [0.1, 0.15) is 37.5 Å². The van der Waals surface area contributed by atoms with E-state index in [0.29, 0.717) is 17.4 Å². The van der Waals surface area contributed by atoms with Gasteiger partial charge in [0.05, 0.1) is 0 Å². The highest BCUT2D eigenvalue weighted by Gasteiger charge is 2.20. The van der Waals surface area contributed by atoms with E-state index in [1.54, 1.807) is 12.3 Å². The third-order valence-corrected chi connectivity index (χ3v) is 3.52. The van der Waals surface area contributed by atoms with Crippen molar-refractivity contribution in [3.8, 4) is 11.6 Å². The molecule has 0 fully saturated rings. The first-order valence-corrected chi connectivity index (χ1v) is 7.32. The summed E-state index contributed by atoms with van der Waals surface area (Å²) in [5, 5.41) is 0.471. The van der Waals surface area contributed by atoms with Gasteiger partial charge in [-0.05, 0) is 30.0 Å². The van der Waals surface area contributed by atoms with E-state index in [-0.39, 0.29) is 5.41 Å². The number of hydrogen-bond donors (Lipinski definition) is 1. The van der Waals surface area contributed by atoms with Crippen molar-refractivity contribution in [3.63, 3.8) is 0 Å². The first kappa shape index (κ1) is 15.8. The minimum absolute atomic E-state index is 0.0228. The van der Waals surface area contributed by atoms with Crippen LogP contribution in [-0.2, 0) is 12.0 Å². The fourth-order valence-electron chi connectivity index (χ4n) is 2.07. The van der Waals surface area contributed by atoms with Crippen LogP contribution in [0.3, 0.4) is 0 Å². The van der Waals surface area contributed by atoms with E-state index in [1.165, 1.54) is 5.56 Å². The number of pyridine rings is 1. The smallest absolute Gasteiger partial charge is 0.238 e. The van der Waals surface area contributed by atoms with Crippen LogP contribution < -0.4 is 10.5 Å². The van der Waals surface area contributed by atoms with Gasteiger partial charge in [-0.15, -0.1) is 0 Å². The fourth-order valence-corrected chi connectivity index (χ4v) is 2.30. The second-order valence-corrected chi connectivity index (χ2v) is 6.59. The van der Waals surface area contributed by atoms with Crippen molar-refractivity contribution in [2.24, 2.45) is 5.73 Å². The maximum Gasteiger partial charge on any atom is 0.238 e. The lowest BCUT2D eigenvalue weighted by Crippen LogP contribution is -2.13.